The lowest BCUT2D eigenvalue weighted by Crippen LogP contribution is -2.32. The van der Waals surface area contributed by atoms with Gasteiger partial charge in [-0.3, -0.25) is 4.79 Å². The van der Waals surface area contributed by atoms with Crippen LogP contribution in [0.4, 0.5) is 0 Å². The Morgan fingerprint density at radius 3 is 2.64 bits per heavy atom. The van der Waals surface area contributed by atoms with Crippen LogP contribution in [0.2, 0.25) is 0 Å². The number of nitrogens with zero attached hydrogens (tertiary/aromatic N) is 1. The summed E-state index contributed by atoms with van der Waals surface area (Å²) in [5.41, 5.74) is 1.02. The van der Waals surface area contributed by atoms with Crippen molar-refractivity contribution in [3.63, 3.8) is 0 Å². The molecule has 0 bridgehead atoms. The smallest absolute Gasteiger partial charge is 0.247 e. The summed E-state index contributed by atoms with van der Waals surface area (Å²) in [6.07, 6.45) is 9.36. The first kappa shape index (κ1) is 10.8. The zero-order chi connectivity index (χ0) is 10.6. The van der Waals surface area contributed by atoms with Crippen LogP contribution in [0.1, 0.15) is 26.7 Å². The van der Waals surface area contributed by atoms with Gasteiger partial charge in [0, 0.05) is 12.6 Å². The van der Waals surface area contributed by atoms with Crippen molar-refractivity contribution >= 4 is 5.91 Å². The van der Waals surface area contributed by atoms with Crippen LogP contribution < -0.4 is 0 Å². The summed E-state index contributed by atoms with van der Waals surface area (Å²) in [6, 6.07) is 0. The summed E-state index contributed by atoms with van der Waals surface area (Å²) in [7, 11) is 0. The summed E-state index contributed by atoms with van der Waals surface area (Å²) < 4.78 is 0. The fourth-order valence-electron chi connectivity index (χ4n) is 1.29. The van der Waals surface area contributed by atoms with Crippen LogP contribution >= 0.6 is 0 Å². The number of hydrogen-bond donors (Lipinski definition) is 0. The van der Waals surface area contributed by atoms with Gasteiger partial charge in [0.25, 0.3) is 0 Å². The zero-order valence-corrected chi connectivity index (χ0v) is 8.92. The van der Waals surface area contributed by atoms with Crippen molar-refractivity contribution in [2.45, 2.75) is 26.7 Å². The van der Waals surface area contributed by atoms with Crippen LogP contribution in [-0.4, -0.2) is 23.9 Å². The molecule has 1 aliphatic rings. The molecule has 14 heavy (non-hydrogen) atoms. The van der Waals surface area contributed by atoms with E-state index in [2.05, 4.69) is 5.92 Å². The highest BCUT2D eigenvalue weighted by molar-refractivity contribution is 5.88. The first-order valence-corrected chi connectivity index (χ1v) is 5.00. The van der Waals surface area contributed by atoms with E-state index < -0.39 is 0 Å². The Labute approximate surface area is 86.0 Å². The van der Waals surface area contributed by atoms with Gasteiger partial charge in [-0.15, -0.1) is 6.42 Å². The van der Waals surface area contributed by atoms with Crippen molar-refractivity contribution in [3.8, 4) is 12.3 Å². The molecular formula is C12H17NO. The van der Waals surface area contributed by atoms with Gasteiger partial charge in [-0.25, -0.2) is 0 Å². The fourth-order valence-corrected chi connectivity index (χ4v) is 1.29. The van der Waals surface area contributed by atoms with Gasteiger partial charge in [-0.1, -0.05) is 11.5 Å². The van der Waals surface area contributed by atoms with Gasteiger partial charge >= 0.3 is 0 Å². The van der Waals surface area contributed by atoms with Gasteiger partial charge in [0.1, 0.15) is 0 Å². The summed E-state index contributed by atoms with van der Waals surface area (Å²) in [5.74, 6) is 3.27. The van der Waals surface area contributed by atoms with Gasteiger partial charge in [0.05, 0.1) is 6.54 Å². The van der Waals surface area contributed by atoms with Gasteiger partial charge in [0.15, 0.2) is 0 Å². The molecule has 2 nitrogen and oxygen atoms in total. The second kappa shape index (κ2) is 4.85. The van der Waals surface area contributed by atoms with E-state index in [1.165, 1.54) is 12.8 Å². The molecule has 1 amide bonds. The minimum atomic E-state index is 0.0508. The number of terminal acetylenes is 1. The molecule has 0 radical (unpaired) electrons. The molecule has 1 aliphatic carbocycles. The normalized spacial score (nSPS) is 14.4. The molecule has 1 rings (SSSR count). The predicted octanol–water partition coefficient (Wildman–Crippen LogP) is 1.82. The van der Waals surface area contributed by atoms with E-state index in [9.17, 15) is 4.79 Å². The van der Waals surface area contributed by atoms with E-state index in [1.54, 1.807) is 11.0 Å². The Balaban J connectivity index is 2.52. The first-order chi connectivity index (χ1) is 6.63. The second-order valence-corrected chi connectivity index (χ2v) is 4.09. The number of amides is 1. The maximum Gasteiger partial charge on any atom is 0.247 e. The average Bonchev–Trinajstić information content (AvgIpc) is 2.86. The molecule has 0 spiro atoms. The highest BCUT2D eigenvalue weighted by atomic mass is 16.2. The number of allylic oxidation sites excluding steroid dienone is 1. The molecule has 2 heteroatoms. The standard InChI is InChI=1S/C12H17NO/c1-4-7-13(9-11-5-6-11)12(14)8-10(2)3/h1,8,11H,5-7,9H2,2-3H3. The van der Waals surface area contributed by atoms with Crippen LogP contribution in [0.5, 0.6) is 0 Å². The Kier molecular flexibility index (Phi) is 3.76. The van der Waals surface area contributed by atoms with Crippen LogP contribution in [-0.2, 0) is 4.79 Å². The average molecular weight is 191 g/mol. The van der Waals surface area contributed by atoms with E-state index >= 15 is 0 Å². The molecule has 0 aromatic carbocycles. The summed E-state index contributed by atoms with van der Waals surface area (Å²) in [4.78, 5) is 13.4. The van der Waals surface area contributed by atoms with Crippen molar-refractivity contribution in [3.05, 3.63) is 11.6 Å². The maximum absolute atomic E-state index is 11.7. The van der Waals surface area contributed by atoms with Gasteiger partial charge in [-0.2, -0.15) is 0 Å². The molecule has 1 fully saturated rings. The third kappa shape index (κ3) is 3.66. The molecular weight excluding hydrogens is 174 g/mol. The monoisotopic (exact) mass is 191 g/mol. The maximum atomic E-state index is 11.7. The van der Waals surface area contributed by atoms with E-state index in [0.29, 0.717) is 12.5 Å². The minimum Gasteiger partial charge on any atom is -0.328 e. The lowest BCUT2D eigenvalue weighted by Gasteiger charge is -2.18. The van der Waals surface area contributed by atoms with Gasteiger partial charge in [0.2, 0.25) is 5.91 Å². The van der Waals surface area contributed by atoms with Crippen molar-refractivity contribution in [2.24, 2.45) is 5.92 Å². The van der Waals surface area contributed by atoms with Gasteiger partial charge in [-0.05, 0) is 32.6 Å². The van der Waals surface area contributed by atoms with Crippen LogP contribution in [0.25, 0.3) is 0 Å². The SMILES string of the molecule is C#CCN(CC1CC1)C(=O)C=C(C)C. The van der Waals surface area contributed by atoms with Crippen molar-refractivity contribution in [2.75, 3.05) is 13.1 Å². The molecule has 0 unspecified atom stereocenters. The van der Waals surface area contributed by atoms with Crippen LogP contribution in [0, 0.1) is 18.3 Å². The zero-order valence-electron chi connectivity index (χ0n) is 8.92. The second-order valence-electron chi connectivity index (χ2n) is 4.09. The molecule has 76 valence electrons. The third-order valence-electron chi connectivity index (χ3n) is 2.18. The molecule has 0 atom stereocenters. The summed E-state index contributed by atoms with van der Waals surface area (Å²) in [5, 5.41) is 0. The Hall–Kier alpha value is -1.23. The molecule has 1 saturated carbocycles. The Morgan fingerprint density at radius 2 is 2.21 bits per heavy atom. The van der Waals surface area contributed by atoms with Crippen molar-refractivity contribution < 1.29 is 4.79 Å². The fraction of sp³-hybridized carbons (Fsp3) is 0.583. The summed E-state index contributed by atoms with van der Waals surface area (Å²) in [6.45, 7) is 5.10. The molecule has 0 saturated heterocycles. The highest BCUT2D eigenvalue weighted by Gasteiger charge is 2.25. The molecule has 0 N–H and O–H groups in total. The van der Waals surface area contributed by atoms with E-state index in [0.717, 1.165) is 12.1 Å². The summed E-state index contributed by atoms with van der Waals surface area (Å²) >= 11 is 0. The lowest BCUT2D eigenvalue weighted by atomic mass is 10.3. The number of hydrogen-bond acceptors (Lipinski definition) is 1. The first-order valence-electron chi connectivity index (χ1n) is 5.00. The Morgan fingerprint density at radius 1 is 1.57 bits per heavy atom. The molecule has 0 aromatic heterocycles. The number of carbonyl (C=O) groups is 1. The predicted molar refractivity (Wildman–Crippen MR) is 57.6 cm³/mol. The minimum absolute atomic E-state index is 0.0508. The lowest BCUT2D eigenvalue weighted by molar-refractivity contribution is -0.125. The number of rotatable bonds is 4. The quantitative estimate of drug-likeness (QED) is 0.490. The highest BCUT2D eigenvalue weighted by Crippen LogP contribution is 2.29. The van der Waals surface area contributed by atoms with E-state index in [4.69, 9.17) is 6.42 Å². The largest absolute Gasteiger partial charge is 0.328 e. The van der Waals surface area contributed by atoms with Gasteiger partial charge < -0.3 is 4.90 Å². The molecule has 0 heterocycles. The number of carbonyl (C=O) groups excluding carboxylic acids is 1. The third-order valence-corrected chi connectivity index (χ3v) is 2.18. The molecule has 0 aromatic rings. The van der Waals surface area contributed by atoms with E-state index in [1.807, 2.05) is 13.8 Å². The van der Waals surface area contributed by atoms with Crippen molar-refractivity contribution in [1.82, 2.24) is 4.90 Å². The topological polar surface area (TPSA) is 20.3 Å². The van der Waals surface area contributed by atoms with E-state index in [-0.39, 0.29) is 5.91 Å². The van der Waals surface area contributed by atoms with Crippen LogP contribution in [0.3, 0.4) is 0 Å². The molecule has 0 aliphatic heterocycles. The van der Waals surface area contributed by atoms with Crippen LogP contribution in [0.15, 0.2) is 11.6 Å². The van der Waals surface area contributed by atoms with Crippen molar-refractivity contribution in [1.29, 1.82) is 0 Å². The Bertz CT molecular complexity index is 277.